The van der Waals surface area contributed by atoms with Crippen molar-refractivity contribution in [2.75, 3.05) is 19.0 Å². The molecule has 3 rings (SSSR count). The molecular formula is C18H22N3O4S+. The van der Waals surface area contributed by atoms with Crippen LogP contribution in [0.4, 0.5) is 11.4 Å². The number of hydrogen-bond acceptors (Lipinski definition) is 5. The molecule has 0 radical (unpaired) electrons. The molecule has 138 valence electrons. The van der Waals surface area contributed by atoms with Gasteiger partial charge in [0.15, 0.2) is 6.04 Å². The van der Waals surface area contributed by atoms with Gasteiger partial charge in [-0.3, -0.25) is 14.9 Å². The Kier molecular flexibility index (Phi) is 5.53. The number of nitro benzene ring substituents is 1. The number of amides is 1. The molecule has 1 aliphatic heterocycles. The molecule has 0 saturated carbocycles. The third-order valence-electron chi connectivity index (χ3n) is 4.89. The molecule has 2 aromatic rings. The molecule has 0 aliphatic carbocycles. The zero-order valence-corrected chi connectivity index (χ0v) is 15.5. The van der Waals surface area contributed by atoms with Crippen molar-refractivity contribution in [3.8, 4) is 5.75 Å². The van der Waals surface area contributed by atoms with Crippen molar-refractivity contribution in [2.24, 2.45) is 0 Å². The van der Waals surface area contributed by atoms with Gasteiger partial charge in [0.05, 0.1) is 29.1 Å². The van der Waals surface area contributed by atoms with E-state index in [4.69, 9.17) is 4.74 Å². The van der Waals surface area contributed by atoms with Crippen LogP contribution < -0.4 is 15.0 Å². The molecule has 3 atom stereocenters. The molecule has 7 nitrogen and oxygen atoms in total. The number of nitrogens with zero attached hydrogens (tertiary/aromatic N) is 1. The molecule has 1 aromatic carbocycles. The maximum absolute atomic E-state index is 12.8. The Morgan fingerprint density at radius 2 is 2.27 bits per heavy atom. The minimum absolute atomic E-state index is 0.0845. The third-order valence-corrected chi connectivity index (χ3v) is 5.88. The van der Waals surface area contributed by atoms with Crippen molar-refractivity contribution in [1.29, 1.82) is 0 Å². The highest BCUT2D eigenvalue weighted by Gasteiger charge is 2.37. The van der Waals surface area contributed by atoms with E-state index in [0.717, 1.165) is 19.4 Å². The summed E-state index contributed by atoms with van der Waals surface area (Å²) in [7, 11) is 1.47. The first kappa shape index (κ1) is 18.3. The van der Waals surface area contributed by atoms with Crippen LogP contribution in [0.25, 0.3) is 0 Å². The molecule has 2 heterocycles. The number of carbonyl (C=O) groups excluding carboxylic acids is 1. The summed E-state index contributed by atoms with van der Waals surface area (Å²) >= 11 is 1.72. The number of non-ortho nitro benzene ring substituents is 1. The summed E-state index contributed by atoms with van der Waals surface area (Å²) in [6.45, 7) is 2.84. The number of likely N-dealkylation sites (tertiary alicyclic amines) is 1. The molecule has 0 spiro atoms. The van der Waals surface area contributed by atoms with Gasteiger partial charge in [0.2, 0.25) is 0 Å². The summed E-state index contributed by atoms with van der Waals surface area (Å²) < 4.78 is 5.22. The van der Waals surface area contributed by atoms with Crippen LogP contribution in [-0.2, 0) is 4.79 Å². The van der Waals surface area contributed by atoms with Gasteiger partial charge in [-0.15, -0.1) is 11.3 Å². The zero-order valence-electron chi connectivity index (χ0n) is 14.7. The van der Waals surface area contributed by atoms with Crippen molar-refractivity contribution in [2.45, 2.75) is 31.8 Å². The molecule has 1 unspecified atom stereocenters. The van der Waals surface area contributed by atoms with Crippen molar-refractivity contribution in [3.05, 3.63) is 50.7 Å². The Balaban J connectivity index is 1.77. The lowest BCUT2D eigenvalue weighted by Gasteiger charge is -2.26. The summed E-state index contributed by atoms with van der Waals surface area (Å²) in [5, 5.41) is 15.9. The fourth-order valence-electron chi connectivity index (χ4n) is 3.52. The van der Waals surface area contributed by atoms with E-state index in [1.54, 1.807) is 11.3 Å². The van der Waals surface area contributed by atoms with Crippen LogP contribution in [0, 0.1) is 10.1 Å². The normalized spacial score (nSPS) is 20.5. The van der Waals surface area contributed by atoms with E-state index in [-0.39, 0.29) is 17.6 Å². The van der Waals surface area contributed by atoms with Gasteiger partial charge in [-0.1, -0.05) is 6.07 Å². The number of nitrogens with one attached hydrogen (secondary N) is 2. The number of methoxy groups -OCH3 is 1. The lowest BCUT2D eigenvalue weighted by molar-refractivity contribution is -0.931. The number of carbonyl (C=O) groups is 1. The van der Waals surface area contributed by atoms with Gasteiger partial charge in [0, 0.05) is 25.0 Å². The minimum Gasteiger partial charge on any atom is -0.495 e. The molecular weight excluding hydrogens is 354 g/mol. The van der Waals surface area contributed by atoms with Gasteiger partial charge < -0.3 is 15.0 Å². The minimum atomic E-state index is -0.489. The number of rotatable bonds is 6. The average molecular weight is 376 g/mol. The van der Waals surface area contributed by atoms with Gasteiger partial charge >= 0.3 is 0 Å². The van der Waals surface area contributed by atoms with Crippen molar-refractivity contribution in [1.82, 2.24) is 0 Å². The smallest absolute Gasteiger partial charge is 0.282 e. The zero-order chi connectivity index (χ0) is 18.7. The van der Waals surface area contributed by atoms with E-state index in [1.165, 1.54) is 35.1 Å². The van der Waals surface area contributed by atoms with Gasteiger partial charge in [0.1, 0.15) is 11.8 Å². The van der Waals surface area contributed by atoms with E-state index < -0.39 is 4.92 Å². The van der Waals surface area contributed by atoms with E-state index in [0.29, 0.717) is 17.5 Å². The number of thiophene rings is 1. The number of ether oxygens (including phenoxy) is 1. The van der Waals surface area contributed by atoms with E-state index in [2.05, 4.69) is 16.8 Å². The monoisotopic (exact) mass is 376 g/mol. The summed E-state index contributed by atoms with van der Waals surface area (Å²) in [6.07, 6.45) is 2.14. The Bertz CT molecular complexity index is 794. The quantitative estimate of drug-likeness (QED) is 0.599. The van der Waals surface area contributed by atoms with Crippen LogP contribution in [-0.4, -0.2) is 30.5 Å². The second-order valence-corrected chi connectivity index (χ2v) is 7.37. The van der Waals surface area contributed by atoms with Crippen LogP contribution >= 0.6 is 11.3 Å². The van der Waals surface area contributed by atoms with E-state index in [9.17, 15) is 14.9 Å². The summed E-state index contributed by atoms with van der Waals surface area (Å²) in [4.78, 5) is 25.9. The van der Waals surface area contributed by atoms with Gasteiger partial charge in [-0.25, -0.2) is 0 Å². The lowest BCUT2D eigenvalue weighted by atomic mass is 10.1. The second kappa shape index (κ2) is 7.84. The summed E-state index contributed by atoms with van der Waals surface area (Å²) in [6, 6.07) is 8.39. The van der Waals surface area contributed by atoms with E-state index >= 15 is 0 Å². The van der Waals surface area contributed by atoms with Gasteiger partial charge in [-0.2, -0.15) is 0 Å². The number of nitro groups is 1. The number of anilines is 1. The highest BCUT2D eigenvalue weighted by atomic mass is 32.1. The van der Waals surface area contributed by atoms with Gasteiger partial charge in [-0.05, 0) is 24.4 Å². The van der Waals surface area contributed by atoms with Crippen LogP contribution in [0.1, 0.15) is 30.7 Å². The van der Waals surface area contributed by atoms with Gasteiger partial charge in [0.25, 0.3) is 11.6 Å². The number of quaternary nitrogens is 1. The van der Waals surface area contributed by atoms with E-state index in [1.807, 2.05) is 13.0 Å². The van der Waals surface area contributed by atoms with Crippen LogP contribution in [0.15, 0.2) is 35.7 Å². The highest BCUT2D eigenvalue weighted by Crippen LogP contribution is 2.29. The number of benzene rings is 1. The maximum Gasteiger partial charge on any atom is 0.282 e. The Morgan fingerprint density at radius 1 is 1.46 bits per heavy atom. The SMILES string of the molecule is COc1ccc([N+](=O)[O-])cc1NC(=O)[C@H](C)[NH+]1CCC[C@@H]1c1cccs1. The first-order chi connectivity index (χ1) is 12.5. The molecule has 1 amide bonds. The van der Waals surface area contributed by atoms with Crippen molar-refractivity contribution >= 4 is 28.6 Å². The summed E-state index contributed by atoms with van der Waals surface area (Å²) in [5.74, 6) is 0.240. The molecule has 1 saturated heterocycles. The maximum atomic E-state index is 12.8. The Labute approximate surface area is 155 Å². The van der Waals surface area contributed by atoms with Crippen LogP contribution in [0.3, 0.4) is 0 Å². The highest BCUT2D eigenvalue weighted by molar-refractivity contribution is 7.10. The topological polar surface area (TPSA) is 85.9 Å². The predicted molar refractivity (Wildman–Crippen MR) is 99.9 cm³/mol. The molecule has 0 bridgehead atoms. The molecule has 8 heteroatoms. The molecule has 1 aliphatic rings. The predicted octanol–water partition coefficient (Wildman–Crippen LogP) is 2.41. The van der Waals surface area contributed by atoms with Crippen molar-refractivity contribution in [3.63, 3.8) is 0 Å². The summed E-state index contributed by atoms with van der Waals surface area (Å²) in [5.41, 5.74) is 0.239. The largest absolute Gasteiger partial charge is 0.495 e. The first-order valence-corrected chi connectivity index (χ1v) is 9.41. The Hall–Kier alpha value is -2.45. The molecule has 1 aromatic heterocycles. The third kappa shape index (κ3) is 3.71. The van der Waals surface area contributed by atoms with Crippen LogP contribution in [0.5, 0.6) is 5.75 Å². The molecule has 2 N–H and O–H groups in total. The lowest BCUT2D eigenvalue weighted by Crippen LogP contribution is -3.15. The second-order valence-electron chi connectivity index (χ2n) is 6.39. The first-order valence-electron chi connectivity index (χ1n) is 8.53. The number of hydrogen-bond donors (Lipinski definition) is 2. The fourth-order valence-corrected chi connectivity index (χ4v) is 4.42. The Morgan fingerprint density at radius 3 is 2.92 bits per heavy atom. The fraction of sp³-hybridized carbons (Fsp3) is 0.389. The van der Waals surface area contributed by atoms with Crippen molar-refractivity contribution < 1.29 is 19.4 Å². The molecule has 1 fully saturated rings. The van der Waals surface area contributed by atoms with Crippen LogP contribution in [0.2, 0.25) is 0 Å². The molecule has 26 heavy (non-hydrogen) atoms. The standard InChI is InChI=1S/C18H21N3O4S/c1-12(20-9-3-5-15(20)17-6-4-10-26-17)18(22)19-14-11-13(21(23)24)7-8-16(14)25-2/h4,6-8,10-12,15H,3,5,9H2,1-2H3,(H,19,22)/p+1/t12-,15+/m0/s1. The average Bonchev–Trinajstić information content (AvgIpc) is 3.31.